The molecular formula is C25H36N8O3S2. The van der Waals surface area contributed by atoms with Gasteiger partial charge in [-0.2, -0.15) is 15.1 Å². The van der Waals surface area contributed by atoms with E-state index in [1.165, 1.54) is 12.8 Å². The van der Waals surface area contributed by atoms with E-state index in [9.17, 15) is 8.42 Å². The van der Waals surface area contributed by atoms with Crippen molar-refractivity contribution < 1.29 is 13.2 Å². The lowest BCUT2D eigenvalue weighted by molar-refractivity contribution is 0.00791. The lowest BCUT2D eigenvalue weighted by Gasteiger charge is -2.39. The molecule has 0 unspecified atom stereocenters. The van der Waals surface area contributed by atoms with Gasteiger partial charge in [0.05, 0.1) is 47.7 Å². The van der Waals surface area contributed by atoms with Gasteiger partial charge in [0.2, 0.25) is 5.95 Å². The SMILES string of the molecule is CCc1nc2c(NC3CCC(N4CCOCC4)CC3)nc(Nc3cnn(C4CCS(=O)(=O)CC4)c3)nc2s1. The molecule has 0 aromatic carbocycles. The van der Waals surface area contributed by atoms with Crippen molar-refractivity contribution >= 4 is 49.0 Å². The van der Waals surface area contributed by atoms with E-state index in [1.54, 1.807) is 17.5 Å². The molecule has 0 spiro atoms. The zero-order valence-electron chi connectivity index (χ0n) is 21.8. The Morgan fingerprint density at radius 1 is 1.03 bits per heavy atom. The van der Waals surface area contributed by atoms with E-state index in [0.717, 1.165) is 72.4 Å². The minimum atomic E-state index is -2.91. The minimum Gasteiger partial charge on any atom is -0.379 e. The molecule has 13 heteroatoms. The Labute approximate surface area is 227 Å². The summed E-state index contributed by atoms with van der Waals surface area (Å²) in [5, 5.41) is 12.6. The van der Waals surface area contributed by atoms with Crippen LogP contribution in [0.15, 0.2) is 12.4 Å². The highest BCUT2D eigenvalue weighted by Crippen LogP contribution is 2.32. The Morgan fingerprint density at radius 3 is 2.53 bits per heavy atom. The van der Waals surface area contributed by atoms with Crippen molar-refractivity contribution in [2.45, 2.75) is 70.0 Å². The van der Waals surface area contributed by atoms with Crippen molar-refractivity contribution in [1.82, 2.24) is 29.6 Å². The predicted octanol–water partition coefficient (Wildman–Crippen LogP) is 3.39. The molecule has 0 bridgehead atoms. The molecule has 2 aliphatic heterocycles. The molecule has 5 heterocycles. The third kappa shape index (κ3) is 5.80. The Balaban J connectivity index is 1.16. The van der Waals surface area contributed by atoms with Crippen LogP contribution in [0.3, 0.4) is 0 Å². The van der Waals surface area contributed by atoms with Gasteiger partial charge in [-0.3, -0.25) is 9.58 Å². The van der Waals surface area contributed by atoms with E-state index in [4.69, 9.17) is 19.7 Å². The van der Waals surface area contributed by atoms with Crippen molar-refractivity contribution in [3.63, 3.8) is 0 Å². The Kier molecular flexibility index (Phi) is 7.52. The normalized spacial score (nSPS) is 25.0. The predicted molar refractivity (Wildman–Crippen MR) is 149 cm³/mol. The third-order valence-corrected chi connectivity index (χ3v) is 10.8. The summed E-state index contributed by atoms with van der Waals surface area (Å²) in [6.45, 7) is 5.88. The van der Waals surface area contributed by atoms with Gasteiger partial charge in [-0.25, -0.2) is 13.4 Å². The minimum absolute atomic E-state index is 0.0934. The molecule has 1 aliphatic carbocycles. The highest BCUT2D eigenvalue weighted by molar-refractivity contribution is 7.91. The number of aryl methyl sites for hydroxylation is 1. The van der Waals surface area contributed by atoms with Crippen LogP contribution in [0.5, 0.6) is 0 Å². The van der Waals surface area contributed by atoms with Gasteiger partial charge in [-0.1, -0.05) is 18.3 Å². The lowest BCUT2D eigenvalue weighted by Crippen LogP contribution is -2.46. The molecule has 1 saturated carbocycles. The molecule has 0 atom stereocenters. The van der Waals surface area contributed by atoms with E-state index in [-0.39, 0.29) is 17.5 Å². The summed E-state index contributed by atoms with van der Waals surface area (Å²) < 4.78 is 31.0. The average Bonchev–Trinajstić information content (AvgIpc) is 3.57. The maximum atomic E-state index is 11.8. The maximum Gasteiger partial charge on any atom is 0.230 e. The number of hydrogen-bond acceptors (Lipinski definition) is 11. The fourth-order valence-electron chi connectivity index (χ4n) is 5.77. The number of rotatable bonds is 7. The van der Waals surface area contributed by atoms with Crippen molar-refractivity contribution in [1.29, 1.82) is 0 Å². The number of fused-ring (bicyclic) bond motifs is 1. The zero-order chi connectivity index (χ0) is 26.1. The molecule has 2 saturated heterocycles. The van der Waals surface area contributed by atoms with E-state index in [1.807, 2.05) is 10.9 Å². The van der Waals surface area contributed by atoms with Crippen LogP contribution in [0, 0.1) is 0 Å². The molecule has 3 aliphatic rings. The molecule has 206 valence electrons. The van der Waals surface area contributed by atoms with Crippen LogP contribution >= 0.6 is 11.3 Å². The van der Waals surface area contributed by atoms with Crippen molar-refractivity contribution in [2.24, 2.45) is 0 Å². The quantitative estimate of drug-likeness (QED) is 0.444. The van der Waals surface area contributed by atoms with Crippen molar-refractivity contribution in [3.8, 4) is 0 Å². The Morgan fingerprint density at radius 2 is 1.79 bits per heavy atom. The molecule has 11 nitrogen and oxygen atoms in total. The standard InChI is InChI=1S/C25H36N8O3S2/c1-2-21-29-22-23(27-17-3-5-19(6-4-17)32-9-11-36-12-10-32)30-25(31-24(22)37-21)28-18-15-26-33(16-18)20-7-13-38(34,35)14-8-20/h15-17,19-20H,2-14H2,1H3,(H2,27,28,30,31). The fraction of sp³-hybridized carbons (Fsp3) is 0.680. The number of aromatic nitrogens is 5. The van der Waals surface area contributed by atoms with Gasteiger partial charge < -0.3 is 15.4 Å². The number of nitrogens with zero attached hydrogens (tertiary/aromatic N) is 6. The summed E-state index contributed by atoms with van der Waals surface area (Å²) in [6, 6.07) is 1.10. The first-order valence-corrected chi connectivity index (χ1v) is 16.4. The molecule has 2 N–H and O–H groups in total. The summed E-state index contributed by atoms with van der Waals surface area (Å²) >= 11 is 1.61. The average molecular weight is 561 g/mol. The van der Waals surface area contributed by atoms with E-state index >= 15 is 0 Å². The number of morpholine rings is 1. The second-order valence-corrected chi connectivity index (χ2v) is 13.9. The summed E-state index contributed by atoms with van der Waals surface area (Å²) in [6.07, 6.45) is 10.3. The number of anilines is 3. The first-order valence-electron chi connectivity index (χ1n) is 13.7. The Bertz CT molecular complexity index is 1350. The third-order valence-electron chi connectivity index (χ3n) is 7.96. The van der Waals surface area contributed by atoms with Gasteiger partial charge in [-0.15, -0.1) is 0 Å². The van der Waals surface area contributed by atoms with Crippen LogP contribution in [0.2, 0.25) is 0 Å². The molecular weight excluding hydrogens is 524 g/mol. The van der Waals surface area contributed by atoms with Crippen LogP contribution in [0.1, 0.15) is 56.5 Å². The molecule has 3 fully saturated rings. The fourth-order valence-corrected chi connectivity index (χ4v) is 8.11. The number of hydrogen-bond donors (Lipinski definition) is 2. The number of nitrogens with one attached hydrogen (secondary N) is 2. The molecule has 38 heavy (non-hydrogen) atoms. The molecule has 0 radical (unpaired) electrons. The second-order valence-electron chi connectivity index (χ2n) is 10.5. The van der Waals surface area contributed by atoms with Crippen LogP contribution < -0.4 is 10.6 Å². The van der Waals surface area contributed by atoms with Crippen LogP contribution in [0.25, 0.3) is 10.3 Å². The van der Waals surface area contributed by atoms with Crippen LogP contribution in [0.4, 0.5) is 17.5 Å². The van der Waals surface area contributed by atoms with Gasteiger partial charge >= 0.3 is 0 Å². The Hall–Kier alpha value is -2.35. The van der Waals surface area contributed by atoms with Crippen LogP contribution in [-0.2, 0) is 21.0 Å². The molecule has 3 aromatic rings. The van der Waals surface area contributed by atoms with Crippen molar-refractivity contribution in [3.05, 3.63) is 17.4 Å². The van der Waals surface area contributed by atoms with Gasteiger partial charge in [0.15, 0.2) is 10.6 Å². The molecule has 6 rings (SSSR count). The van der Waals surface area contributed by atoms with Gasteiger partial charge in [0.1, 0.15) is 15.4 Å². The lowest BCUT2D eigenvalue weighted by atomic mass is 9.90. The monoisotopic (exact) mass is 560 g/mol. The zero-order valence-corrected chi connectivity index (χ0v) is 23.4. The number of ether oxygens (including phenoxy) is 1. The molecule has 3 aromatic heterocycles. The van der Waals surface area contributed by atoms with Crippen LogP contribution in [-0.4, -0.2) is 87.9 Å². The summed E-state index contributed by atoms with van der Waals surface area (Å²) in [4.78, 5) is 17.9. The highest BCUT2D eigenvalue weighted by atomic mass is 32.2. The van der Waals surface area contributed by atoms with E-state index < -0.39 is 9.84 Å². The number of thiazole rings is 1. The first-order chi connectivity index (χ1) is 18.5. The largest absolute Gasteiger partial charge is 0.379 e. The summed E-state index contributed by atoms with van der Waals surface area (Å²) in [7, 11) is -2.91. The summed E-state index contributed by atoms with van der Waals surface area (Å²) in [5.74, 6) is 1.73. The van der Waals surface area contributed by atoms with Crippen molar-refractivity contribution in [2.75, 3.05) is 48.4 Å². The van der Waals surface area contributed by atoms with E-state index in [2.05, 4.69) is 27.6 Å². The second kappa shape index (κ2) is 11.0. The van der Waals surface area contributed by atoms with Gasteiger partial charge in [-0.05, 0) is 44.9 Å². The summed E-state index contributed by atoms with van der Waals surface area (Å²) in [5.41, 5.74) is 1.63. The van der Waals surface area contributed by atoms with Gasteiger partial charge in [0.25, 0.3) is 0 Å². The van der Waals surface area contributed by atoms with E-state index in [0.29, 0.717) is 30.9 Å². The topological polar surface area (TPSA) is 127 Å². The molecule has 0 amide bonds. The van der Waals surface area contributed by atoms with Gasteiger partial charge in [0, 0.05) is 31.4 Å². The highest BCUT2D eigenvalue weighted by Gasteiger charge is 2.28. The maximum absolute atomic E-state index is 11.8. The smallest absolute Gasteiger partial charge is 0.230 e. The number of sulfone groups is 1. The first kappa shape index (κ1) is 25.9.